The zero-order chi connectivity index (χ0) is 25.4. The fourth-order valence-electron chi connectivity index (χ4n) is 4.02. The van der Waals surface area contributed by atoms with Crippen LogP contribution in [0.25, 0.3) is 5.76 Å². The summed E-state index contributed by atoms with van der Waals surface area (Å²) in [5, 5.41) is 11.4. The first-order valence-corrected chi connectivity index (χ1v) is 11.9. The Morgan fingerprint density at radius 2 is 1.69 bits per heavy atom. The summed E-state index contributed by atoms with van der Waals surface area (Å²) in [6.45, 7) is 7.48. The number of Topliss-reactive ketones (excluding diaryl/α,β-unsaturated/α-hetero) is 1. The number of ether oxygens (including phenoxy) is 4. The van der Waals surface area contributed by atoms with Crippen molar-refractivity contribution in [2.45, 2.75) is 33.2 Å². The first kappa shape index (κ1) is 26.1. The van der Waals surface area contributed by atoms with Crippen LogP contribution in [0.3, 0.4) is 0 Å². The van der Waals surface area contributed by atoms with Crippen LogP contribution in [0.5, 0.6) is 17.2 Å². The Balaban J connectivity index is 2.17. The molecule has 0 radical (unpaired) electrons. The average Bonchev–Trinajstić information content (AvgIpc) is 3.11. The van der Waals surface area contributed by atoms with E-state index in [0.29, 0.717) is 48.2 Å². The number of carbonyl (C=O) groups is 2. The van der Waals surface area contributed by atoms with Crippen LogP contribution in [-0.2, 0) is 14.3 Å². The molecule has 0 aromatic heterocycles. The molecule has 35 heavy (non-hydrogen) atoms. The van der Waals surface area contributed by atoms with Gasteiger partial charge < -0.3 is 29.0 Å². The second-order valence-electron chi connectivity index (χ2n) is 7.93. The van der Waals surface area contributed by atoms with Gasteiger partial charge in [-0.15, -0.1) is 0 Å². The molecule has 3 rings (SSSR count). The lowest BCUT2D eigenvalue weighted by atomic mass is 9.94. The quantitative estimate of drug-likeness (QED) is 0.273. The average molecular weight is 484 g/mol. The Labute approximate surface area is 206 Å². The number of benzene rings is 2. The lowest BCUT2D eigenvalue weighted by Gasteiger charge is -2.25. The molecule has 1 fully saturated rings. The van der Waals surface area contributed by atoms with Crippen molar-refractivity contribution in [3.05, 3.63) is 59.2 Å². The highest BCUT2D eigenvalue weighted by atomic mass is 16.5. The maximum absolute atomic E-state index is 13.2. The summed E-state index contributed by atoms with van der Waals surface area (Å²) in [6.07, 6.45) is 0.842. The van der Waals surface area contributed by atoms with Crippen LogP contribution in [0.4, 0.5) is 0 Å². The van der Waals surface area contributed by atoms with Gasteiger partial charge in [-0.05, 0) is 50.1 Å². The Hall–Kier alpha value is -3.52. The first-order valence-electron chi connectivity index (χ1n) is 11.9. The van der Waals surface area contributed by atoms with Crippen molar-refractivity contribution >= 4 is 17.4 Å². The van der Waals surface area contributed by atoms with Gasteiger partial charge in [-0.2, -0.15) is 0 Å². The van der Waals surface area contributed by atoms with Crippen molar-refractivity contribution in [3.63, 3.8) is 0 Å². The van der Waals surface area contributed by atoms with Gasteiger partial charge >= 0.3 is 0 Å². The van der Waals surface area contributed by atoms with Crippen LogP contribution in [0.1, 0.15) is 44.4 Å². The molecule has 8 heteroatoms. The summed E-state index contributed by atoms with van der Waals surface area (Å²) in [6, 6.07) is 11.4. The highest BCUT2D eigenvalue weighted by molar-refractivity contribution is 6.46. The topological polar surface area (TPSA) is 94.5 Å². The van der Waals surface area contributed by atoms with Gasteiger partial charge in [-0.3, -0.25) is 9.59 Å². The van der Waals surface area contributed by atoms with Crippen LogP contribution < -0.4 is 14.2 Å². The fourth-order valence-corrected chi connectivity index (χ4v) is 4.02. The zero-order valence-electron chi connectivity index (χ0n) is 20.7. The number of likely N-dealkylation sites (tertiary alicyclic amines) is 1. The van der Waals surface area contributed by atoms with E-state index in [-0.39, 0.29) is 24.5 Å². The van der Waals surface area contributed by atoms with Crippen molar-refractivity contribution in [2.75, 3.05) is 40.1 Å². The number of aliphatic hydroxyl groups is 1. The van der Waals surface area contributed by atoms with E-state index in [2.05, 4.69) is 0 Å². The number of aliphatic hydroxyl groups excluding tert-OH is 1. The van der Waals surface area contributed by atoms with Gasteiger partial charge in [-0.25, -0.2) is 0 Å². The van der Waals surface area contributed by atoms with E-state index in [1.54, 1.807) is 30.3 Å². The second kappa shape index (κ2) is 12.3. The molecule has 1 atom stereocenters. The molecule has 1 unspecified atom stereocenters. The zero-order valence-corrected chi connectivity index (χ0v) is 20.7. The Bertz CT molecular complexity index is 1080. The standard InChI is InChI=1S/C27H33NO7/c1-5-14-35-19-10-8-9-18(16-19)24-23(26(30)27(31)28(24)13-15-32-4)25(29)21-12-11-20(33-6-2)17-22(21)34-7-3/h8-12,16-17,24,29H,5-7,13-15H2,1-4H3/b25-23-. The third-order valence-corrected chi connectivity index (χ3v) is 5.54. The second-order valence-corrected chi connectivity index (χ2v) is 7.93. The number of rotatable bonds is 12. The molecule has 0 saturated carbocycles. The van der Waals surface area contributed by atoms with E-state index in [1.165, 1.54) is 12.0 Å². The number of carbonyl (C=O) groups excluding carboxylic acids is 2. The van der Waals surface area contributed by atoms with E-state index in [9.17, 15) is 14.7 Å². The van der Waals surface area contributed by atoms with Crippen molar-refractivity contribution in [3.8, 4) is 17.2 Å². The lowest BCUT2D eigenvalue weighted by Crippen LogP contribution is -2.32. The summed E-state index contributed by atoms with van der Waals surface area (Å²) in [7, 11) is 1.53. The molecule has 0 bridgehead atoms. The van der Waals surface area contributed by atoms with Gasteiger partial charge in [0, 0.05) is 19.7 Å². The Morgan fingerprint density at radius 3 is 2.37 bits per heavy atom. The van der Waals surface area contributed by atoms with Gasteiger partial charge in [0.05, 0.1) is 43.6 Å². The molecule has 8 nitrogen and oxygen atoms in total. The predicted octanol–water partition coefficient (Wildman–Crippen LogP) is 4.34. The van der Waals surface area contributed by atoms with E-state index >= 15 is 0 Å². The minimum atomic E-state index is -0.809. The van der Waals surface area contributed by atoms with Gasteiger partial charge in [0.2, 0.25) is 0 Å². The highest BCUT2D eigenvalue weighted by Gasteiger charge is 2.46. The molecule has 0 aliphatic carbocycles. The van der Waals surface area contributed by atoms with Crippen LogP contribution >= 0.6 is 0 Å². The Morgan fingerprint density at radius 1 is 0.943 bits per heavy atom. The third-order valence-electron chi connectivity index (χ3n) is 5.54. The fraction of sp³-hybridized carbons (Fsp3) is 0.407. The maximum atomic E-state index is 13.2. The number of nitrogens with zero attached hydrogens (tertiary/aromatic N) is 1. The molecule has 2 aromatic rings. The van der Waals surface area contributed by atoms with Crippen LogP contribution in [0, 0.1) is 0 Å². The van der Waals surface area contributed by atoms with E-state index < -0.39 is 17.7 Å². The van der Waals surface area contributed by atoms with E-state index in [4.69, 9.17) is 18.9 Å². The molecular weight excluding hydrogens is 450 g/mol. The van der Waals surface area contributed by atoms with Crippen molar-refractivity contribution in [1.82, 2.24) is 4.90 Å². The van der Waals surface area contributed by atoms with Gasteiger partial charge in [-0.1, -0.05) is 19.1 Å². The number of methoxy groups -OCH3 is 1. The summed E-state index contributed by atoms with van der Waals surface area (Å²) in [5.74, 6) is -0.210. The Kier molecular flexibility index (Phi) is 9.14. The van der Waals surface area contributed by atoms with Crippen molar-refractivity contribution in [2.24, 2.45) is 0 Å². The number of ketones is 1. The molecule has 1 amide bonds. The summed E-state index contributed by atoms with van der Waals surface area (Å²) in [5.41, 5.74) is 0.951. The molecule has 2 aromatic carbocycles. The van der Waals surface area contributed by atoms with Gasteiger partial charge in [0.25, 0.3) is 11.7 Å². The van der Waals surface area contributed by atoms with Gasteiger partial charge in [0.1, 0.15) is 23.0 Å². The summed E-state index contributed by atoms with van der Waals surface area (Å²) < 4.78 is 22.2. The number of hydrogen-bond donors (Lipinski definition) is 1. The number of amides is 1. The number of hydrogen-bond acceptors (Lipinski definition) is 7. The molecule has 0 spiro atoms. The highest BCUT2D eigenvalue weighted by Crippen LogP contribution is 2.42. The van der Waals surface area contributed by atoms with Crippen molar-refractivity contribution < 1.29 is 33.6 Å². The SMILES string of the molecule is CCCOc1cccc(C2/C(=C(/O)c3ccc(OCC)cc3OCC)C(=O)C(=O)N2CCOC)c1. The molecule has 1 N–H and O–H groups in total. The monoisotopic (exact) mass is 483 g/mol. The predicted molar refractivity (Wildman–Crippen MR) is 132 cm³/mol. The van der Waals surface area contributed by atoms with Gasteiger partial charge in [0.15, 0.2) is 0 Å². The molecule has 188 valence electrons. The van der Waals surface area contributed by atoms with Crippen LogP contribution in [-0.4, -0.2) is 61.8 Å². The molecular formula is C27H33NO7. The van der Waals surface area contributed by atoms with Crippen LogP contribution in [0.15, 0.2) is 48.0 Å². The van der Waals surface area contributed by atoms with Crippen LogP contribution in [0.2, 0.25) is 0 Å². The molecule has 1 aliphatic heterocycles. The third kappa shape index (κ3) is 5.77. The lowest BCUT2D eigenvalue weighted by molar-refractivity contribution is -0.140. The van der Waals surface area contributed by atoms with E-state index in [1.807, 2.05) is 32.9 Å². The summed E-state index contributed by atoms with van der Waals surface area (Å²) in [4.78, 5) is 27.7. The molecule has 1 aliphatic rings. The largest absolute Gasteiger partial charge is 0.507 e. The molecule has 1 saturated heterocycles. The smallest absolute Gasteiger partial charge is 0.295 e. The maximum Gasteiger partial charge on any atom is 0.295 e. The molecule has 1 heterocycles. The minimum Gasteiger partial charge on any atom is -0.507 e. The minimum absolute atomic E-state index is 0.0103. The van der Waals surface area contributed by atoms with E-state index in [0.717, 1.165) is 6.42 Å². The summed E-state index contributed by atoms with van der Waals surface area (Å²) >= 11 is 0. The first-order chi connectivity index (χ1) is 17.0. The van der Waals surface area contributed by atoms with Crippen molar-refractivity contribution in [1.29, 1.82) is 0 Å². The normalized spacial score (nSPS) is 17.0.